The molecule has 1 aliphatic rings. The molecule has 1 saturated heterocycles. The summed E-state index contributed by atoms with van der Waals surface area (Å²) in [4.78, 5) is 15.1. The van der Waals surface area contributed by atoms with E-state index in [0.29, 0.717) is 17.0 Å². The van der Waals surface area contributed by atoms with Crippen molar-refractivity contribution in [2.24, 2.45) is 0 Å². The molecular weight excluding hydrogens is 314 g/mol. The number of nitrogens with zero attached hydrogens (tertiary/aromatic N) is 6. The molecule has 0 spiro atoms. The zero-order valence-corrected chi connectivity index (χ0v) is 12.9. The van der Waals surface area contributed by atoms with Crippen molar-refractivity contribution in [3.63, 3.8) is 0 Å². The van der Waals surface area contributed by atoms with Crippen molar-refractivity contribution in [2.45, 2.75) is 25.7 Å². The van der Waals surface area contributed by atoms with Crippen molar-refractivity contribution in [1.82, 2.24) is 24.6 Å². The van der Waals surface area contributed by atoms with Gasteiger partial charge in [-0.15, -0.1) is 0 Å². The van der Waals surface area contributed by atoms with Crippen LogP contribution in [0.2, 0.25) is 0 Å². The van der Waals surface area contributed by atoms with Gasteiger partial charge in [0.2, 0.25) is 0 Å². The van der Waals surface area contributed by atoms with Gasteiger partial charge < -0.3 is 4.90 Å². The zero-order valence-electron chi connectivity index (χ0n) is 12.9. The Balaban J connectivity index is 1.75. The van der Waals surface area contributed by atoms with Crippen LogP contribution in [0.5, 0.6) is 0 Å². The Labute approximate surface area is 137 Å². The molecule has 1 fully saturated rings. The first-order valence-corrected chi connectivity index (χ1v) is 7.92. The molecule has 0 amide bonds. The Morgan fingerprint density at radius 1 is 1.00 bits per heavy atom. The largest absolute Gasteiger partial charge is 0.357 e. The molecular formula is C16H16F2N6. The van der Waals surface area contributed by atoms with Crippen molar-refractivity contribution in [3.8, 4) is 11.4 Å². The quantitative estimate of drug-likeness (QED) is 0.738. The van der Waals surface area contributed by atoms with Gasteiger partial charge in [-0.05, 0) is 31.4 Å². The van der Waals surface area contributed by atoms with Crippen LogP contribution in [-0.4, -0.2) is 37.7 Å². The molecule has 0 radical (unpaired) electrons. The fraction of sp³-hybridized carbons (Fsp3) is 0.375. The van der Waals surface area contributed by atoms with Crippen LogP contribution in [0, 0.1) is 0 Å². The van der Waals surface area contributed by atoms with Crippen LogP contribution in [0.3, 0.4) is 0 Å². The zero-order chi connectivity index (χ0) is 16.5. The summed E-state index contributed by atoms with van der Waals surface area (Å²) in [5, 5.41) is 3.98. The first-order chi connectivity index (χ1) is 11.7. The molecule has 0 bridgehead atoms. The molecule has 124 valence electrons. The fourth-order valence-electron chi connectivity index (χ4n) is 2.96. The van der Waals surface area contributed by atoms with Crippen LogP contribution in [-0.2, 0) is 0 Å². The van der Waals surface area contributed by atoms with E-state index in [9.17, 15) is 8.78 Å². The lowest BCUT2D eigenvalue weighted by Crippen LogP contribution is -2.30. The lowest BCUT2D eigenvalue weighted by Gasteiger charge is -2.27. The lowest BCUT2D eigenvalue weighted by molar-refractivity contribution is 0.144. The van der Waals surface area contributed by atoms with Crippen LogP contribution in [0.25, 0.3) is 17.0 Å². The summed E-state index contributed by atoms with van der Waals surface area (Å²) in [7, 11) is 0. The van der Waals surface area contributed by atoms with Gasteiger partial charge in [-0.3, -0.25) is 0 Å². The molecule has 0 atom stereocenters. The number of imidazole rings is 1. The molecule has 8 heteroatoms. The average molecular weight is 330 g/mol. The highest BCUT2D eigenvalue weighted by Crippen LogP contribution is 2.24. The number of halogens is 2. The maximum absolute atomic E-state index is 12.9. The van der Waals surface area contributed by atoms with Crippen LogP contribution in [0.15, 0.2) is 30.7 Å². The molecule has 0 unspecified atom stereocenters. The van der Waals surface area contributed by atoms with Crippen LogP contribution in [0.4, 0.5) is 14.6 Å². The summed E-state index contributed by atoms with van der Waals surface area (Å²) in [6, 6.07) is 4.69. The summed E-state index contributed by atoms with van der Waals surface area (Å²) >= 11 is 0. The SMILES string of the molecule is FC(F)c1ccc2ncc(-c3cc(N4CCCCC4)ncn3)n2n1. The number of piperidine rings is 1. The topological polar surface area (TPSA) is 59.2 Å². The molecule has 0 N–H and O–H groups in total. The smallest absolute Gasteiger partial charge is 0.282 e. The van der Waals surface area contributed by atoms with Gasteiger partial charge in [-0.1, -0.05) is 0 Å². The van der Waals surface area contributed by atoms with Gasteiger partial charge in [0.1, 0.15) is 23.5 Å². The third-order valence-corrected chi connectivity index (χ3v) is 4.20. The Kier molecular flexibility index (Phi) is 3.79. The second-order valence-corrected chi connectivity index (χ2v) is 5.78. The van der Waals surface area contributed by atoms with Crippen molar-refractivity contribution in [3.05, 3.63) is 36.4 Å². The summed E-state index contributed by atoms with van der Waals surface area (Å²) in [5.41, 5.74) is 1.42. The summed E-state index contributed by atoms with van der Waals surface area (Å²) in [6.45, 7) is 1.94. The first-order valence-electron chi connectivity index (χ1n) is 7.92. The third-order valence-electron chi connectivity index (χ3n) is 4.20. The molecule has 3 aromatic rings. The van der Waals surface area contributed by atoms with Gasteiger partial charge in [0.25, 0.3) is 6.43 Å². The minimum Gasteiger partial charge on any atom is -0.357 e. The molecule has 4 heterocycles. The van der Waals surface area contributed by atoms with Crippen molar-refractivity contribution < 1.29 is 8.78 Å². The normalized spacial score (nSPS) is 15.4. The summed E-state index contributed by atoms with van der Waals surface area (Å²) in [6.07, 6.45) is 4.00. The lowest BCUT2D eigenvalue weighted by atomic mass is 10.1. The first kappa shape index (κ1) is 14.9. The number of hydrogen-bond donors (Lipinski definition) is 0. The number of hydrogen-bond acceptors (Lipinski definition) is 5. The van der Waals surface area contributed by atoms with Crippen LogP contribution >= 0.6 is 0 Å². The van der Waals surface area contributed by atoms with E-state index in [1.165, 1.54) is 29.4 Å². The van der Waals surface area contributed by atoms with E-state index >= 15 is 0 Å². The number of rotatable bonds is 3. The van der Waals surface area contributed by atoms with Crippen LogP contribution in [0.1, 0.15) is 31.4 Å². The standard InChI is InChI=1S/C16H16F2N6/c17-16(18)11-4-5-14-19-9-13(24(14)22-11)12-8-15(21-10-20-12)23-6-2-1-3-7-23/h4-5,8-10,16H,1-3,6-7H2. The molecule has 0 saturated carbocycles. The van der Waals surface area contributed by atoms with Crippen molar-refractivity contribution in [1.29, 1.82) is 0 Å². The van der Waals surface area contributed by atoms with Gasteiger partial charge in [0.15, 0.2) is 5.65 Å². The fourth-order valence-corrected chi connectivity index (χ4v) is 2.96. The molecule has 6 nitrogen and oxygen atoms in total. The van der Waals surface area contributed by atoms with E-state index in [1.807, 2.05) is 6.07 Å². The summed E-state index contributed by atoms with van der Waals surface area (Å²) in [5.74, 6) is 0.847. The Hall–Kier alpha value is -2.64. The van der Waals surface area contributed by atoms with Crippen molar-refractivity contribution >= 4 is 11.5 Å². The highest BCUT2D eigenvalue weighted by Gasteiger charge is 2.16. The van der Waals surface area contributed by atoms with E-state index in [1.54, 1.807) is 6.20 Å². The third kappa shape index (κ3) is 2.68. The van der Waals surface area contributed by atoms with E-state index in [-0.39, 0.29) is 5.69 Å². The van der Waals surface area contributed by atoms with Gasteiger partial charge in [0, 0.05) is 19.2 Å². The maximum Gasteiger partial charge on any atom is 0.282 e. The van der Waals surface area contributed by atoms with E-state index in [4.69, 9.17) is 0 Å². The molecule has 0 aromatic carbocycles. The Morgan fingerprint density at radius 2 is 1.83 bits per heavy atom. The minimum absolute atomic E-state index is 0.285. The minimum atomic E-state index is -2.63. The molecule has 24 heavy (non-hydrogen) atoms. The van der Waals surface area contributed by atoms with Gasteiger partial charge in [0.05, 0.1) is 11.9 Å². The van der Waals surface area contributed by atoms with Gasteiger partial charge in [-0.25, -0.2) is 28.2 Å². The molecule has 1 aliphatic heterocycles. The number of alkyl halides is 2. The predicted molar refractivity (Wildman–Crippen MR) is 85.0 cm³/mol. The van der Waals surface area contributed by atoms with Crippen LogP contribution < -0.4 is 4.90 Å². The molecule has 4 rings (SSSR count). The predicted octanol–water partition coefficient (Wildman–Crippen LogP) is 3.11. The average Bonchev–Trinajstić information content (AvgIpc) is 3.05. The Bertz CT molecular complexity index is 857. The highest BCUT2D eigenvalue weighted by molar-refractivity contribution is 5.62. The maximum atomic E-state index is 12.9. The molecule has 3 aromatic heterocycles. The van der Waals surface area contributed by atoms with E-state index in [2.05, 4.69) is 25.0 Å². The van der Waals surface area contributed by atoms with E-state index in [0.717, 1.165) is 31.7 Å². The Morgan fingerprint density at radius 3 is 2.62 bits per heavy atom. The second-order valence-electron chi connectivity index (χ2n) is 5.78. The van der Waals surface area contributed by atoms with Gasteiger partial charge >= 0.3 is 0 Å². The number of fused-ring (bicyclic) bond motifs is 1. The summed E-state index contributed by atoms with van der Waals surface area (Å²) < 4.78 is 27.2. The number of anilines is 1. The van der Waals surface area contributed by atoms with Crippen molar-refractivity contribution in [2.75, 3.05) is 18.0 Å². The second kappa shape index (κ2) is 6.10. The van der Waals surface area contributed by atoms with E-state index < -0.39 is 6.43 Å². The van der Waals surface area contributed by atoms with Gasteiger partial charge in [-0.2, -0.15) is 5.10 Å². The highest BCUT2D eigenvalue weighted by atomic mass is 19.3. The monoisotopic (exact) mass is 330 g/mol. The number of aromatic nitrogens is 5. The molecule has 0 aliphatic carbocycles.